The Morgan fingerprint density at radius 3 is 1.69 bits per heavy atom. The number of allylic oxidation sites excluding steroid dienone is 2. The van der Waals surface area contributed by atoms with Gasteiger partial charge in [-0.05, 0) is 40.3 Å². The van der Waals surface area contributed by atoms with Crippen molar-refractivity contribution in [2.24, 2.45) is 0 Å². The van der Waals surface area contributed by atoms with Gasteiger partial charge < -0.3 is 0 Å². The first kappa shape index (κ1) is 15.4. The van der Waals surface area contributed by atoms with E-state index >= 15 is 0 Å². The van der Waals surface area contributed by atoms with Crippen LogP contribution in [0.15, 0.2) is 84.9 Å². The van der Waals surface area contributed by atoms with Crippen LogP contribution in [0.2, 0.25) is 0 Å². The Hall–Kier alpha value is -2.86. The lowest BCUT2D eigenvalue weighted by atomic mass is 9.72. The summed E-state index contributed by atoms with van der Waals surface area (Å²) < 4.78 is 0. The zero-order valence-corrected chi connectivity index (χ0v) is 15.0. The SMILES string of the molecule is Cc1ccccc1C(C1C=Cc2ccccc21)C1C=Cc2ccccc21. The number of hydrogen-bond acceptors (Lipinski definition) is 0. The molecule has 0 saturated heterocycles. The molecule has 0 radical (unpaired) electrons. The van der Waals surface area contributed by atoms with Gasteiger partial charge in [-0.1, -0.05) is 97.1 Å². The molecule has 0 N–H and O–H groups in total. The van der Waals surface area contributed by atoms with Gasteiger partial charge in [-0.15, -0.1) is 0 Å². The lowest BCUT2D eigenvalue weighted by Crippen LogP contribution is -2.16. The van der Waals surface area contributed by atoms with Crippen LogP contribution in [0.25, 0.3) is 12.2 Å². The largest absolute Gasteiger partial charge is 0.0757 e. The van der Waals surface area contributed by atoms with Crippen LogP contribution in [0, 0.1) is 6.92 Å². The summed E-state index contributed by atoms with van der Waals surface area (Å²) in [6.45, 7) is 2.25. The van der Waals surface area contributed by atoms with Gasteiger partial charge in [0.25, 0.3) is 0 Å². The Labute approximate surface area is 155 Å². The molecule has 0 bridgehead atoms. The summed E-state index contributed by atoms with van der Waals surface area (Å²) in [5.74, 6) is 1.23. The van der Waals surface area contributed by atoms with Crippen LogP contribution in [0.3, 0.4) is 0 Å². The second-order valence-corrected chi connectivity index (χ2v) is 7.41. The molecule has 0 aromatic heterocycles. The van der Waals surface area contributed by atoms with Crippen LogP contribution in [0.5, 0.6) is 0 Å². The van der Waals surface area contributed by atoms with Crippen LogP contribution >= 0.6 is 0 Å². The second-order valence-electron chi connectivity index (χ2n) is 7.41. The molecule has 0 fully saturated rings. The van der Waals surface area contributed by atoms with E-state index in [-0.39, 0.29) is 0 Å². The molecule has 0 saturated carbocycles. The molecule has 3 aromatic rings. The third kappa shape index (κ3) is 2.37. The van der Waals surface area contributed by atoms with Crippen molar-refractivity contribution >= 4 is 12.2 Å². The van der Waals surface area contributed by atoms with Crippen molar-refractivity contribution in [3.05, 3.63) is 118 Å². The van der Waals surface area contributed by atoms with Crippen LogP contribution in [-0.4, -0.2) is 0 Å². The lowest BCUT2D eigenvalue weighted by molar-refractivity contribution is 0.569. The predicted octanol–water partition coefficient (Wildman–Crippen LogP) is 6.70. The molecule has 2 aliphatic carbocycles. The summed E-state index contributed by atoms with van der Waals surface area (Å²) in [7, 11) is 0. The lowest BCUT2D eigenvalue weighted by Gasteiger charge is -2.31. The number of rotatable bonds is 3. The van der Waals surface area contributed by atoms with Gasteiger partial charge in [0.1, 0.15) is 0 Å². The van der Waals surface area contributed by atoms with E-state index in [0.717, 1.165) is 0 Å². The molecule has 0 heteroatoms. The molecule has 2 atom stereocenters. The van der Waals surface area contributed by atoms with E-state index in [1.807, 2.05) is 0 Å². The molecular weight excluding hydrogens is 312 g/mol. The standard InChI is InChI=1S/C26H22/c1-18-8-2-5-11-21(18)26(24-16-14-19-9-3-6-12-22(19)24)25-17-15-20-10-4-7-13-23(20)25/h2-17,24-26H,1H3. The molecule has 0 amide bonds. The van der Waals surface area contributed by atoms with Crippen molar-refractivity contribution in [2.75, 3.05) is 0 Å². The highest BCUT2D eigenvalue weighted by Crippen LogP contribution is 2.51. The Bertz CT molecular complexity index is 960. The van der Waals surface area contributed by atoms with Gasteiger partial charge in [0.05, 0.1) is 0 Å². The van der Waals surface area contributed by atoms with E-state index in [9.17, 15) is 0 Å². The zero-order valence-electron chi connectivity index (χ0n) is 15.0. The van der Waals surface area contributed by atoms with Gasteiger partial charge >= 0.3 is 0 Å². The monoisotopic (exact) mass is 334 g/mol. The van der Waals surface area contributed by atoms with Crippen molar-refractivity contribution in [2.45, 2.75) is 24.7 Å². The van der Waals surface area contributed by atoms with Crippen LogP contribution in [0.1, 0.15) is 51.1 Å². The maximum absolute atomic E-state index is 2.41. The first-order valence-corrected chi connectivity index (χ1v) is 9.43. The highest BCUT2D eigenvalue weighted by molar-refractivity contribution is 5.67. The number of fused-ring (bicyclic) bond motifs is 2. The Morgan fingerprint density at radius 1 is 0.615 bits per heavy atom. The Morgan fingerprint density at radius 2 is 1.12 bits per heavy atom. The van der Waals surface area contributed by atoms with E-state index in [1.54, 1.807) is 0 Å². The van der Waals surface area contributed by atoms with Crippen LogP contribution in [0.4, 0.5) is 0 Å². The first-order valence-electron chi connectivity index (χ1n) is 9.43. The third-order valence-corrected chi connectivity index (χ3v) is 6.00. The summed E-state index contributed by atoms with van der Waals surface area (Å²) in [6, 6.07) is 26.6. The van der Waals surface area contributed by atoms with E-state index in [1.165, 1.54) is 33.4 Å². The van der Waals surface area contributed by atoms with Crippen molar-refractivity contribution < 1.29 is 0 Å². The zero-order chi connectivity index (χ0) is 17.5. The second kappa shape index (κ2) is 6.14. The predicted molar refractivity (Wildman–Crippen MR) is 110 cm³/mol. The fraction of sp³-hybridized carbons (Fsp3) is 0.154. The minimum Gasteiger partial charge on any atom is -0.0757 e. The number of hydrogen-bond donors (Lipinski definition) is 0. The van der Waals surface area contributed by atoms with Gasteiger partial charge in [-0.25, -0.2) is 0 Å². The maximum atomic E-state index is 2.41. The Kier molecular flexibility index (Phi) is 3.64. The Balaban J connectivity index is 1.68. The summed E-state index contributed by atoms with van der Waals surface area (Å²) in [6.07, 6.45) is 9.43. The molecule has 0 spiro atoms. The molecule has 126 valence electrons. The molecule has 0 aliphatic heterocycles. The average molecular weight is 334 g/mol. The summed E-state index contributed by atoms with van der Waals surface area (Å²) in [5.41, 5.74) is 8.49. The highest BCUT2D eigenvalue weighted by Gasteiger charge is 2.35. The fourth-order valence-electron chi connectivity index (χ4n) is 4.75. The van der Waals surface area contributed by atoms with Gasteiger partial charge in [-0.2, -0.15) is 0 Å². The van der Waals surface area contributed by atoms with Crippen molar-refractivity contribution in [1.82, 2.24) is 0 Å². The molecule has 26 heavy (non-hydrogen) atoms. The van der Waals surface area contributed by atoms with E-state index in [4.69, 9.17) is 0 Å². The van der Waals surface area contributed by atoms with Gasteiger partial charge in [-0.3, -0.25) is 0 Å². The van der Waals surface area contributed by atoms with Crippen molar-refractivity contribution in [3.63, 3.8) is 0 Å². The molecule has 5 rings (SSSR count). The summed E-state index contributed by atoms with van der Waals surface area (Å²) in [4.78, 5) is 0. The third-order valence-electron chi connectivity index (χ3n) is 6.00. The normalized spacial score (nSPS) is 20.8. The molecular formula is C26H22. The van der Waals surface area contributed by atoms with Crippen LogP contribution < -0.4 is 0 Å². The topological polar surface area (TPSA) is 0 Å². The highest BCUT2D eigenvalue weighted by atomic mass is 14.4. The van der Waals surface area contributed by atoms with Crippen LogP contribution in [-0.2, 0) is 0 Å². The smallest absolute Gasteiger partial charge is 0.0105 e. The number of aryl methyl sites for hydroxylation is 1. The quantitative estimate of drug-likeness (QED) is 0.500. The van der Waals surface area contributed by atoms with E-state index < -0.39 is 0 Å². The summed E-state index contributed by atoms with van der Waals surface area (Å²) in [5, 5.41) is 0. The molecule has 0 nitrogen and oxygen atoms in total. The minimum atomic E-state index is 0.410. The van der Waals surface area contributed by atoms with Crippen molar-refractivity contribution in [3.8, 4) is 0 Å². The van der Waals surface area contributed by atoms with Gasteiger partial charge in [0.15, 0.2) is 0 Å². The van der Waals surface area contributed by atoms with Gasteiger partial charge in [0.2, 0.25) is 0 Å². The fourth-order valence-corrected chi connectivity index (χ4v) is 4.75. The molecule has 3 aromatic carbocycles. The van der Waals surface area contributed by atoms with Gasteiger partial charge in [0, 0.05) is 17.8 Å². The first-order chi connectivity index (χ1) is 12.8. The van der Waals surface area contributed by atoms with E-state index in [0.29, 0.717) is 17.8 Å². The number of benzene rings is 3. The van der Waals surface area contributed by atoms with Crippen molar-refractivity contribution in [1.29, 1.82) is 0 Å². The average Bonchev–Trinajstić information content (AvgIpc) is 3.29. The summed E-state index contributed by atoms with van der Waals surface area (Å²) >= 11 is 0. The molecule has 0 heterocycles. The molecule has 2 unspecified atom stereocenters. The molecule has 2 aliphatic rings. The maximum Gasteiger partial charge on any atom is 0.0105 e. The van der Waals surface area contributed by atoms with E-state index in [2.05, 4.69) is 104 Å². The minimum absolute atomic E-state index is 0.410.